The number of hydrogen-bond donors (Lipinski definition) is 1. The lowest BCUT2D eigenvalue weighted by Crippen LogP contribution is -2.37. The van der Waals surface area contributed by atoms with Crippen LogP contribution in [-0.4, -0.2) is 25.4 Å². The van der Waals surface area contributed by atoms with Crippen molar-refractivity contribution in [2.75, 3.05) is 14.2 Å². The van der Waals surface area contributed by atoms with Crippen LogP contribution in [-0.2, 0) is 10.5 Å². The van der Waals surface area contributed by atoms with Gasteiger partial charge in [0.2, 0.25) is 5.91 Å². The van der Waals surface area contributed by atoms with E-state index < -0.39 is 0 Å². The standard InChI is InChI=1S/C22H29NO3S/c1-15(2)21(27-14-17-9-7-6-8-10-17)22(24)23-16(3)19-12-11-18(25-4)13-20(19)26-5/h6-13,15-16,21H,14H2,1-5H3,(H,23,24)/t16-,21-/m1/s1. The van der Waals surface area contributed by atoms with Gasteiger partial charge in [0.15, 0.2) is 0 Å². The summed E-state index contributed by atoms with van der Waals surface area (Å²) in [5.74, 6) is 2.55. The van der Waals surface area contributed by atoms with Crippen LogP contribution in [0.1, 0.15) is 37.9 Å². The minimum Gasteiger partial charge on any atom is -0.497 e. The minimum absolute atomic E-state index is 0.0521. The zero-order valence-electron chi connectivity index (χ0n) is 16.7. The SMILES string of the molecule is COc1ccc([C@@H](C)NC(=O)[C@H](SCc2ccccc2)C(C)C)c(OC)c1. The zero-order chi connectivity index (χ0) is 19.8. The van der Waals surface area contributed by atoms with Gasteiger partial charge in [0.25, 0.3) is 0 Å². The van der Waals surface area contributed by atoms with Crippen LogP contribution in [0.25, 0.3) is 0 Å². The molecule has 2 aromatic carbocycles. The van der Waals surface area contributed by atoms with Crippen molar-refractivity contribution in [3.8, 4) is 11.5 Å². The quantitative estimate of drug-likeness (QED) is 0.669. The maximum Gasteiger partial charge on any atom is 0.233 e. The maximum absolute atomic E-state index is 12.9. The molecule has 0 aromatic heterocycles. The van der Waals surface area contributed by atoms with Crippen molar-refractivity contribution in [1.82, 2.24) is 5.32 Å². The largest absolute Gasteiger partial charge is 0.497 e. The highest BCUT2D eigenvalue weighted by molar-refractivity contribution is 7.99. The Morgan fingerprint density at radius 3 is 2.33 bits per heavy atom. The number of methoxy groups -OCH3 is 2. The molecule has 5 heteroatoms. The van der Waals surface area contributed by atoms with E-state index >= 15 is 0 Å². The predicted octanol–water partition coefficient (Wildman–Crippen LogP) is 4.84. The van der Waals surface area contributed by atoms with E-state index in [-0.39, 0.29) is 23.1 Å². The van der Waals surface area contributed by atoms with Gasteiger partial charge in [-0.15, -0.1) is 11.8 Å². The summed E-state index contributed by atoms with van der Waals surface area (Å²) in [6.45, 7) is 6.14. The monoisotopic (exact) mass is 387 g/mol. The fourth-order valence-corrected chi connectivity index (χ4v) is 4.05. The summed E-state index contributed by atoms with van der Waals surface area (Å²) in [7, 11) is 3.25. The first-order valence-corrected chi connectivity index (χ1v) is 10.2. The fraction of sp³-hybridized carbons (Fsp3) is 0.409. The van der Waals surface area contributed by atoms with E-state index in [1.807, 2.05) is 43.3 Å². The van der Waals surface area contributed by atoms with Crippen LogP contribution in [0.5, 0.6) is 11.5 Å². The van der Waals surface area contributed by atoms with Crippen molar-refractivity contribution >= 4 is 17.7 Å². The molecular formula is C22H29NO3S. The Kier molecular flexibility index (Phi) is 8.04. The lowest BCUT2D eigenvalue weighted by atomic mass is 10.1. The van der Waals surface area contributed by atoms with Gasteiger partial charge in [0, 0.05) is 17.4 Å². The highest BCUT2D eigenvalue weighted by Gasteiger charge is 2.25. The van der Waals surface area contributed by atoms with Crippen molar-refractivity contribution in [2.45, 2.75) is 37.8 Å². The van der Waals surface area contributed by atoms with Crippen LogP contribution in [0.3, 0.4) is 0 Å². The fourth-order valence-electron chi connectivity index (χ4n) is 2.88. The molecule has 0 saturated heterocycles. The molecule has 2 rings (SSSR count). The van der Waals surface area contributed by atoms with Gasteiger partial charge < -0.3 is 14.8 Å². The van der Waals surface area contributed by atoms with Crippen LogP contribution in [0.4, 0.5) is 0 Å². The predicted molar refractivity (Wildman–Crippen MR) is 112 cm³/mol. The molecule has 1 N–H and O–H groups in total. The molecule has 0 unspecified atom stereocenters. The van der Waals surface area contributed by atoms with Gasteiger partial charge in [-0.2, -0.15) is 0 Å². The summed E-state index contributed by atoms with van der Waals surface area (Å²) in [4.78, 5) is 12.9. The Morgan fingerprint density at radius 1 is 1.04 bits per heavy atom. The second-order valence-electron chi connectivity index (χ2n) is 6.80. The summed E-state index contributed by atoms with van der Waals surface area (Å²) >= 11 is 1.68. The Morgan fingerprint density at radius 2 is 1.74 bits per heavy atom. The van der Waals surface area contributed by atoms with Gasteiger partial charge in [-0.1, -0.05) is 44.2 Å². The molecular weight excluding hydrogens is 358 g/mol. The lowest BCUT2D eigenvalue weighted by molar-refractivity contribution is -0.121. The number of carbonyl (C=O) groups is 1. The highest BCUT2D eigenvalue weighted by Crippen LogP contribution is 2.30. The third-order valence-electron chi connectivity index (χ3n) is 4.40. The Bertz CT molecular complexity index is 734. The Balaban J connectivity index is 2.06. The van der Waals surface area contributed by atoms with Gasteiger partial charge >= 0.3 is 0 Å². The maximum atomic E-state index is 12.9. The Labute approximate surface area is 166 Å². The second kappa shape index (κ2) is 10.3. The Hall–Kier alpha value is -2.14. The van der Waals surface area contributed by atoms with Gasteiger partial charge in [0.1, 0.15) is 11.5 Å². The summed E-state index contributed by atoms with van der Waals surface area (Å²) in [6.07, 6.45) is 0. The number of rotatable bonds is 9. The van der Waals surface area contributed by atoms with E-state index in [0.29, 0.717) is 5.75 Å². The first kappa shape index (κ1) is 21.2. The molecule has 2 atom stereocenters. The van der Waals surface area contributed by atoms with E-state index in [4.69, 9.17) is 9.47 Å². The van der Waals surface area contributed by atoms with E-state index in [0.717, 1.165) is 17.1 Å². The van der Waals surface area contributed by atoms with E-state index in [1.54, 1.807) is 26.0 Å². The second-order valence-corrected chi connectivity index (χ2v) is 7.93. The number of thioether (sulfide) groups is 1. The molecule has 0 radical (unpaired) electrons. The van der Waals surface area contributed by atoms with Crippen molar-refractivity contribution in [2.24, 2.45) is 5.92 Å². The minimum atomic E-state index is -0.156. The molecule has 27 heavy (non-hydrogen) atoms. The molecule has 0 aliphatic carbocycles. The summed E-state index contributed by atoms with van der Waals surface area (Å²) < 4.78 is 10.7. The van der Waals surface area contributed by atoms with Crippen molar-refractivity contribution in [3.05, 3.63) is 59.7 Å². The molecule has 0 heterocycles. The molecule has 0 spiro atoms. The molecule has 0 saturated carbocycles. The molecule has 0 aliphatic rings. The summed E-state index contributed by atoms with van der Waals surface area (Å²) in [5, 5.41) is 3.03. The average molecular weight is 388 g/mol. The molecule has 2 aromatic rings. The number of nitrogens with one attached hydrogen (secondary N) is 1. The molecule has 1 amide bonds. The van der Waals surface area contributed by atoms with Crippen molar-refractivity contribution in [3.63, 3.8) is 0 Å². The van der Waals surface area contributed by atoms with Crippen LogP contribution in [0.2, 0.25) is 0 Å². The molecule has 0 bridgehead atoms. The zero-order valence-corrected chi connectivity index (χ0v) is 17.5. The van der Waals surface area contributed by atoms with Crippen LogP contribution in [0.15, 0.2) is 48.5 Å². The third-order valence-corrected chi connectivity index (χ3v) is 6.02. The highest BCUT2D eigenvalue weighted by atomic mass is 32.2. The molecule has 146 valence electrons. The topological polar surface area (TPSA) is 47.6 Å². The molecule has 4 nitrogen and oxygen atoms in total. The average Bonchev–Trinajstić information content (AvgIpc) is 2.68. The van der Waals surface area contributed by atoms with Crippen LogP contribution >= 0.6 is 11.8 Å². The van der Waals surface area contributed by atoms with Crippen molar-refractivity contribution < 1.29 is 14.3 Å². The lowest BCUT2D eigenvalue weighted by Gasteiger charge is -2.24. The third kappa shape index (κ3) is 5.93. The van der Waals surface area contributed by atoms with E-state index in [1.165, 1.54) is 5.56 Å². The normalized spacial score (nSPS) is 13.1. The summed E-state index contributed by atoms with van der Waals surface area (Å²) in [6, 6.07) is 15.7. The first-order chi connectivity index (χ1) is 13.0. The van der Waals surface area contributed by atoms with Crippen molar-refractivity contribution in [1.29, 1.82) is 0 Å². The number of hydrogen-bond acceptors (Lipinski definition) is 4. The van der Waals surface area contributed by atoms with E-state index in [9.17, 15) is 4.79 Å². The van der Waals surface area contributed by atoms with Crippen LogP contribution in [0, 0.1) is 5.92 Å². The van der Waals surface area contributed by atoms with E-state index in [2.05, 4.69) is 31.3 Å². The number of ether oxygens (including phenoxy) is 2. The van der Waals surface area contributed by atoms with Gasteiger partial charge in [-0.05, 0) is 30.5 Å². The first-order valence-electron chi connectivity index (χ1n) is 9.14. The van der Waals surface area contributed by atoms with Gasteiger partial charge in [-0.25, -0.2) is 0 Å². The number of benzene rings is 2. The molecule has 0 aliphatic heterocycles. The van der Waals surface area contributed by atoms with Gasteiger partial charge in [-0.3, -0.25) is 4.79 Å². The smallest absolute Gasteiger partial charge is 0.233 e. The van der Waals surface area contributed by atoms with Crippen LogP contribution < -0.4 is 14.8 Å². The number of amides is 1. The summed E-state index contributed by atoms with van der Waals surface area (Å²) in [5.41, 5.74) is 2.16. The molecule has 0 fully saturated rings. The number of carbonyl (C=O) groups excluding carboxylic acids is 1. The van der Waals surface area contributed by atoms with Gasteiger partial charge in [0.05, 0.1) is 25.5 Å².